The second-order valence-corrected chi connectivity index (χ2v) is 7.62. The van der Waals surface area contributed by atoms with Crippen LogP contribution in [-0.4, -0.2) is 40.8 Å². The molecule has 25 heavy (non-hydrogen) atoms. The third-order valence-corrected chi connectivity index (χ3v) is 6.19. The maximum atomic E-state index is 11.7. The van der Waals surface area contributed by atoms with E-state index in [-0.39, 0.29) is 0 Å². The molecule has 0 aromatic heterocycles. The van der Waals surface area contributed by atoms with Crippen molar-refractivity contribution in [2.75, 3.05) is 30.9 Å². The van der Waals surface area contributed by atoms with Gasteiger partial charge in [0, 0.05) is 11.3 Å². The number of aryl methyl sites for hydroxylation is 1. The fourth-order valence-corrected chi connectivity index (χ4v) is 4.83. The van der Waals surface area contributed by atoms with Gasteiger partial charge in [0.25, 0.3) is 5.72 Å². The van der Waals surface area contributed by atoms with Gasteiger partial charge in [0.05, 0.1) is 13.7 Å². The van der Waals surface area contributed by atoms with E-state index in [0.717, 1.165) is 35.2 Å². The summed E-state index contributed by atoms with van der Waals surface area (Å²) in [6.07, 6.45) is 1.08. The lowest BCUT2D eigenvalue weighted by molar-refractivity contribution is -0.656. The molecule has 2 aliphatic heterocycles. The average Bonchev–Trinajstić information content (AvgIpc) is 2.97. The van der Waals surface area contributed by atoms with E-state index in [1.165, 1.54) is 11.3 Å². The molecule has 2 heterocycles. The highest BCUT2D eigenvalue weighted by Gasteiger charge is 2.53. The van der Waals surface area contributed by atoms with Gasteiger partial charge < -0.3 is 9.84 Å². The van der Waals surface area contributed by atoms with Crippen LogP contribution in [0.4, 0.5) is 5.69 Å². The number of amidine groups is 1. The topological polar surface area (TPSA) is 35.7 Å². The Morgan fingerprint density at radius 3 is 2.64 bits per heavy atom. The van der Waals surface area contributed by atoms with Gasteiger partial charge in [-0.25, -0.2) is 9.48 Å². The highest BCUT2D eigenvalue weighted by Crippen LogP contribution is 2.38. The monoisotopic (exact) mass is 355 g/mol. The third-order valence-electron chi connectivity index (χ3n) is 5.00. The van der Waals surface area contributed by atoms with Crippen LogP contribution in [0.15, 0.2) is 48.5 Å². The van der Waals surface area contributed by atoms with E-state index in [2.05, 4.69) is 40.7 Å². The number of methoxy groups -OCH3 is 1. The first-order valence-corrected chi connectivity index (χ1v) is 9.59. The Hall–Kier alpha value is -1.98. The van der Waals surface area contributed by atoms with Crippen LogP contribution in [0, 0.1) is 6.92 Å². The Labute approximate surface area is 152 Å². The molecule has 0 spiro atoms. The van der Waals surface area contributed by atoms with Crippen molar-refractivity contribution in [2.24, 2.45) is 0 Å². The van der Waals surface area contributed by atoms with Crippen LogP contribution in [-0.2, 0) is 5.72 Å². The summed E-state index contributed by atoms with van der Waals surface area (Å²) in [5, 5.41) is 12.8. The van der Waals surface area contributed by atoms with Gasteiger partial charge in [0.2, 0.25) is 0 Å². The van der Waals surface area contributed by atoms with E-state index in [9.17, 15) is 5.11 Å². The molecule has 0 bridgehead atoms. The lowest BCUT2D eigenvalue weighted by Gasteiger charge is -2.24. The minimum absolute atomic E-state index is 0.534. The minimum atomic E-state index is -1.02. The highest BCUT2D eigenvalue weighted by molar-refractivity contribution is 8.13. The zero-order valence-corrected chi connectivity index (χ0v) is 15.4. The number of anilines is 1. The first kappa shape index (κ1) is 16.5. The minimum Gasteiger partial charge on any atom is -0.497 e. The van der Waals surface area contributed by atoms with Gasteiger partial charge in [-0.2, -0.15) is 0 Å². The van der Waals surface area contributed by atoms with E-state index in [0.29, 0.717) is 6.54 Å². The summed E-state index contributed by atoms with van der Waals surface area (Å²) < 4.78 is 7.42. The van der Waals surface area contributed by atoms with Crippen molar-refractivity contribution < 1.29 is 14.4 Å². The van der Waals surface area contributed by atoms with E-state index in [1.807, 2.05) is 36.0 Å². The fraction of sp³-hybridized carbons (Fsp3) is 0.350. The maximum Gasteiger partial charge on any atom is 0.316 e. The number of hydrogen-bond acceptors (Lipinski definition) is 4. The molecular formula is C20H23N2O2S+. The molecule has 1 N–H and O–H groups in total. The van der Waals surface area contributed by atoms with E-state index >= 15 is 0 Å². The van der Waals surface area contributed by atoms with Gasteiger partial charge in [-0.1, -0.05) is 18.2 Å². The summed E-state index contributed by atoms with van der Waals surface area (Å²) in [7, 11) is 1.66. The number of ether oxygens (including phenoxy) is 1. The van der Waals surface area contributed by atoms with E-state index in [1.54, 1.807) is 7.11 Å². The number of rotatable bonds is 3. The Kier molecular flexibility index (Phi) is 4.21. The van der Waals surface area contributed by atoms with Gasteiger partial charge in [0.1, 0.15) is 11.4 Å². The Bertz CT molecular complexity index is 819. The molecule has 0 aliphatic carbocycles. The van der Waals surface area contributed by atoms with Gasteiger partial charge in [-0.15, -0.1) is 0 Å². The van der Waals surface area contributed by atoms with Crippen molar-refractivity contribution in [3.8, 4) is 5.75 Å². The van der Waals surface area contributed by atoms with Crippen molar-refractivity contribution in [2.45, 2.75) is 19.1 Å². The Morgan fingerprint density at radius 1 is 1.16 bits per heavy atom. The molecular weight excluding hydrogens is 332 g/mol. The lowest BCUT2D eigenvalue weighted by Crippen LogP contribution is -2.41. The number of para-hydroxylation sites is 1. The Balaban J connectivity index is 1.79. The molecule has 130 valence electrons. The third kappa shape index (κ3) is 2.71. The van der Waals surface area contributed by atoms with Gasteiger partial charge >= 0.3 is 5.17 Å². The smallest absolute Gasteiger partial charge is 0.316 e. The number of thioether (sulfide) groups is 1. The molecule has 2 aromatic rings. The molecule has 0 radical (unpaired) electrons. The number of hydrogen-bond donors (Lipinski definition) is 1. The van der Waals surface area contributed by atoms with Crippen molar-refractivity contribution >= 4 is 22.6 Å². The normalized spacial score (nSPS) is 22.9. The van der Waals surface area contributed by atoms with Gasteiger partial charge in [-0.3, -0.25) is 0 Å². The molecule has 0 unspecified atom stereocenters. The zero-order valence-electron chi connectivity index (χ0n) is 14.6. The second kappa shape index (κ2) is 6.39. The summed E-state index contributed by atoms with van der Waals surface area (Å²) in [5.41, 5.74) is 2.28. The maximum absolute atomic E-state index is 11.7. The molecule has 2 aromatic carbocycles. The summed E-state index contributed by atoms with van der Waals surface area (Å²) in [6.45, 7) is 3.53. The van der Waals surface area contributed by atoms with Crippen LogP contribution in [0.1, 0.15) is 17.5 Å². The van der Waals surface area contributed by atoms with E-state index in [4.69, 9.17) is 4.74 Å². The highest BCUT2D eigenvalue weighted by atomic mass is 32.2. The second-order valence-electron chi connectivity index (χ2n) is 6.55. The van der Waals surface area contributed by atoms with Crippen LogP contribution in [0.25, 0.3) is 0 Å². The molecule has 4 nitrogen and oxygen atoms in total. The summed E-state index contributed by atoms with van der Waals surface area (Å²) in [6, 6.07) is 16.1. The average molecular weight is 355 g/mol. The van der Waals surface area contributed by atoms with Gasteiger partial charge in [-0.05, 0) is 61.0 Å². The quantitative estimate of drug-likeness (QED) is 0.858. The molecule has 0 fully saturated rings. The van der Waals surface area contributed by atoms with Crippen LogP contribution < -0.4 is 9.64 Å². The van der Waals surface area contributed by atoms with Crippen LogP contribution >= 0.6 is 11.8 Å². The summed E-state index contributed by atoms with van der Waals surface area (Å²) in [4.78, 5) is 2.27. The molecule has 0 amide bonds. The zero-order chi connectivity index (χ0) is 17.4. The molecule has 2 aliphatic rings. The molecule has 1 atom stereocenters. The van der Waals surface area contributed by atoms with Crippen LogP contribution in [0.5, 0.6) is 5.75 Å². The van der Waals surface area contributed by atoms with Crippen molar-refractivity contribution in [1.29, 1.82) is 0 Å². The van der Waals surface area contributed by atoms with Gasteiger partial charge in [0.15, 0.2) is 6.54 Å². The SMILES string of the molecule is COc1ccc([C@@]2(O)CN(c3ccccc3C)C3=[N+]2CCCS3)cc1. The van der Waals surface area contributed by atoms with Crippen molar-refractivity contribution in [1.82, 2.24) is 0 Å². The van der Waals surface area contributed by atoms with Crippen LogP contribution in [0.3, 0.4) is 0 Å². The number of aliphatic hydroxyl groups is 1. The summed E-state index contributed by atoms with van der Waals surface area (Å²) >= 11 is 1.83. The van der Waals surface area contributed by atoms with Crippen LogP contribution in [0.2, 0.25) is 0 Å². The standard InChI is InChI=1S/C20H23N2O2S/c1-15-6-3-4-7-18(15)21-14-20(23,22-12-5-13-25-19(21)22)16-8-10-17(24-2)11-9-16/h3-4,6-11,23H,5,12-14H2,1-2H3/q+1/t20-/m0/s1. The van der Waals surface area contributed by atoms with Crippen molar-refractivity contribution in [3.05, 3.63) is 59.7 Å². The summed E-state index contributed by atoms with van der Waals surface area (Å²) in [5.74, 6) is 1.89. The fourth-order valence-electron chi connectivity index (χ4n) is 3.66. The first-order chi connectivity index (χ1) is 12.1. The molecule has 5 heteroatoms. The number of benzene rings is 2. The number of nitrogens with zero attached hydrogens (tertiary/aromatic N) is 2. The van der Waals surface area contributed by atoms with Crippen molar-refractivity contribution in [3.63, 3.8) is 0 Å². The molecule has 4 rings (SSSR count). The lowest BCUT2D eigenvalue weighted by atomic mass is 10.0. The number of β-amino-alcohol motifs (C(OH)–C–C–N with tert-alkyl or cyclic N) is 1. The Morgan fingerprint density at radius 2 is 1.92 bits per heavy atom. The largest absolute Gasteiger partial charge is 0.497 e. The predicted octanol–water partition coefficient (Wildman–Crippen LogP) is 3.17. The molecule has 0 saturated carbocycles. The molecule has 0 saturated heterocycles. The first-order valence-electron chi connectivity index (χ1n) is 8.61. The predicted molar refractivity (Wildman–Crippen MR) is 103 cm³/mol. The van der Waals surface area contributed by atoms with E-state index < -0.39 is 5.72 Å².